The molecule has 10 nitrogen and oxygen atoms in total. The second kappa shape index (κ2) is 15.9. The van der Waals surface area contributed by atoms with Gasteiger partial charge in [0.2, 0.25) is 5.91 Å². The summed E-state index contributed by atoms with van der Waals surface area (Å²) >= 11 is 12.6. The van der Waals surface area contributed by atoms with Crippen molar-refractivity contribution in [1.29, 1.82) is 10.5 Å². The van der Waals surface area contributed by atoms with Gasteiger partial charge in [0, 0.05) is 49.8 Å². The molecule has 12 heteroatoms. The van der Waals surface area contributed by atoms with Gasteiger partial charge in [-0.2, -0.15) is 10.5 Å². The Balaban J connectivity index is 1.57. The number of nitrogens with zero attached hydrogens (tertiary/aromatic N) is 7. The molecule has 2 atom stereocenters. The lowest BCUT2D eigenvalue weighted by molar-refractivity contribution is -0.131. The van der Waals surface area contributed by atoms with Crippen LogP contribution < -0.4 is 4.74 Å². The molecule has 0 aliphatic carbocycles. The zero-order valence-electron chi connectivity index (χ0n) is 28.8. The van der Waals surface area contributed by atoms with Crippen LogP contribution in [0.2, 0.25) is 10.0 Å². The Morgan fingerprint density at radius 2 is 1.58 bits per heavy atom. The molecule has 3 aromatic carbocycles. The summed E-state index contributed by atoms with van der Waals surface area (Å²) in [7, 11) is 1.70. The first-order valence-electron chi connectivity index (χ1n) is 16.7. The van der Waals surface area contributed by atoms with E-state index in [0.29, 0.717) is 66.5 Å². The Morgan fingerprint density at radius 3 is 2.16 bits per heavy atom. The summed E-state index contributed by atoms with van der Waals surface area (Å²) < 4.78 is 6.12. The first-order chi connectivity index (χ1) is 24.0. The highest BCUT2D eigenvalue weighted by Crippen LogP contribution is 2.46. The molecule has 0 unspecified atom stereocenters. The Labute approximate surface area is 304 Å². The van der Waals surface area contributed by atoms with Crippen LogP contribution in [0.3, 0.4) is 0 Å². The van der Waals surface area contributed by atoms with Crippen molar-refractivity contribution in [3.05, 3.63) is 99.0 Å². The standard InChI is InChI=1S/C38H41Cl2N7O3/c1-5-50-32-16-11-28(38(2,3)25-42)23-31(32)36-43-34(26-7-12-29(39)13-8-26)35(27-9-14-30(40)15-10-27)47(36)37(49)46-21-19-45(20-22-46)24-33(48)44(4)18-6-17-41/h7-16,23,34-35H,5-6,18-22,24H2,1-4H3/t34-,35+/m0/s1. The molecule has 0 radical (unpaired) electrons. The summed E-state index contributed by atoms with van der Waals surface area (Å²) in [6, 6.07) is 23.7. The number of hydrogen-bond donors (Lipinski definition) is 0. The van der Waals surface area contributed by atoms with Gasteiger partial charge in [-0.25, -0.2) is 4.79 Å². The average Bonchev–Trinajstić information content (AvgIpc) is 3.51. The van der Waals surface area contributed by atoms with E-state index in [9.17, 15) is 14.9 Å². The van der Waals surface area contributed by atoms with Crippen molar-refractivity contribution in [2.24, 2.45) is 4.99 Å². The van der Waals surface area contributed by atoms with Gasteiger partial charge in [-0.3, -0.25) is 19.6 Å². The van der Waals surface area contributed by atoms with E-state index < -0.39 is 17.5 Å². The number of likely N-dealkylation sites (N-methyl/N-ethyl adjacent to an activating group) is 1. The van der Waals surface area contributed by atoms with E-state index in [1.54, 1.807) is 21.7 Å². The van der Waals surface area contributed by atoms with Crippen molar-refractivity contribution in [1.82, 2.24) is 19.6 Å². The molecule has 2 aliphatic rings. The number of amides is 3. The van der Waals surface area contributed by atoms with Crippen molar-refractivity contribution in [2.75, 3.05) is 52.9 Å². The van der Waals surface area contributed by atoms with Gasteiger partial charge in [-0.1, -0.05) is 53.5 Å². The highest BCUT2D eigenvalue weighted by atomic mass is 35.5. The maximum absolute atomic E-state index is 14.9. The fraction of sp³-hybridized carbons (Fsp3) is 0.395. The maximum Gasteiger partial charge on any atom is 0.326 e. The summed E-state index contributed by atoms with van der Waals surface area (Å²) in [6.45, 7) is 8.39. The molecule has 2 aliphatic heterocycles. The van der Waals surface area contributed by atoms with Gasteiger partial charge >= 0.3 is 6.03 Å². The number of rotatable bonds is 10. The Hall–Kier alpha value is -4.61. The molecule has 2 heterocycles. The predicted octanol–water partition coefficient (Wildman–Crippen LogP) is 6.85. The van der Waals surface area contributed by atoms with Gasteiger partial charge in [0.15, 0.2) is 0 Å². The van der Waals surface area contributed by atoms with Crippen molar-refractivity contribution in [2.45, 2.75) is 44.7 Å². The summed E-state index contributed by atoms with van der Waals surface area (Å²) in [5, 5.41) is 20.1. The van der Waals surface area contributed by atoms with E-state index in [4.69, 9.17) is 38.2 Å². The van der Waals surface area contributed by atoms with Crippen LogP contribution in [-0.2, 0) is 10.2 Å². The topological polar surface area (TPSA) is 116 Å². The van der Waals surface area contributed by atoms with Crippen LogP contribution >= 0.6 is 23.2 Å². The molecule has 0 aromatic heterocycles. The smallest absolute Gasteiger partial charge is 0.326 e. The van der Waals surface area contributed by atoms with Crippen LogP contribution in [0, 0.1) is 22.7 Å². The van der Waals surface area contributed by atoms with Crippen LogP contribution in [0.5, 0.6) is 5.75 Å². The zero-order valence-corrected chi connectivity index (χ0v) is 30.3. The number of halogens is 2. The van der Waals surface area contributed by atoms with Crippen LogP contribution in [0.25, 0.3) is 0 Å². The monoisotopic (exact) mass is 713 g/mol. The van der Waals surface area contributed by atoms with E-state index in [-0.39, 0.29) is 24.9 Å². The number of hydrogen-bond acceptors (Lipinski definition) is 7. The first-order valence-corrected chi connectivity index (χ1v) is 17.4. The fourth-order valence-electron chi connectivity index (χ4n) is 6.20. The molecule has 0 saturated carbocycles. The molecule has 1 saturated heterocycles. The number of benzene rings is 3. The average molecular weight is 715 g/mol. The number of nitriles is 2. The highest BCUT2D eigenvalue weighted by Gasteiger charge is 2.45. The molecular weight excluding hydrogens is 673 g/mol. The molecule has 3 aromatic rings. The largest absolute Gasteiger partial charge is 0.493 e. The Bertz CT molecular complexity index is 1810. The molecule has 3 amide bonds. The number of amidine groups is 1. The number of piperazine rings is 1. The maximum atomic E-state index is 14.9. The molecular formula is C38H41Cl2N7O3. The number of carbonyl (C=O) groups is 2. The summed E-state index contributed by atoms with van der Waals surface area (Å²) in [6.07, 6.45) is 0.276. The van der Waals surface area contributed by atoms with E-state index >= 15 is 0 Å². The van der Waals surface area contributed by atoms with E-state index in [1.807, 2.05) is 92.4 Å². The van der Waals surface area contributed by atoms with Crippen molar-refractivity contribution >= 4 is 41.0 Å². The lowest BCUT2D eigenvalue weighted by atomic mass is 9.85. The van der Waals surface area contributed by atoms with Gasteiger partial charge in [0.05, 0.1) is 48.7 Å². The SMILES string of the molecule is CCOc1ccc(C(C)(C)C#N)cc1C1=N[C@@H](c2ccc(Cl)cc2)[C@@H](c2ccc(Cl)cc2)N1C(=O)N1CCN(CC(=O)N(C)CCC#N)CC1. The van der Waals surface area contributed by atoms with Crippen molar-refractivity contribution < 1.29 is 14.3 Å². The quantitative estimate of drug-likeness (QED) is 0.227. The second-order valence-electron chi connectivity index (χ2n) is 13.0. The second-order valence-corrected chi connectivity index (χ2v) is 13.8. The minimum Gasteiger partial charge on any atom is -0.493 e. The summed E-state index contributed by atoms with van der Waals surface area (Å²) in [5.41, 5.74) is 2.29. The van der Waals surface area contributed by atoms with Crippen molar-refractivity contribution in [3.63, 3.8) is 0 Å². The zero-order chi connectivity index (χ0) is 36.0. The van der Waals surface area contributed by atoms with Gasteiger partial charge in [-0.15, -0.1) is 0 Å². The summed E-state index contributed by atoms with van der Waals surface area (Å²) in [5.74, 6) is 0.925. The Morgan fingerprint density at radius 1 is 0.960 bits per heavy atom. The highest BCUT2D eigenvalue weighted by molar-refractivity contribution is 6.30. The number of ether oxygens (including phenoxy) is 1. The van der Waals surface area contributed by atoms with Gasteiger partial charge < -0.3 is 14.5 Å². The summed E-state index contributed by atoms with van der Waals surface area (Å²) in [4.78, 5) is 40.2. The molecule has 50 heavy (non-hydrogen) atoms. The normalized spacial score (nSPS) is 17.9. The first kappa shape index (κ1) is 36.7. The third kappa shape index (κ3) is 8.05. The fourth-order valence-corrected chi connectivity index (χ4v) is 6.45. The van der Waals surface area contributed by atoms with Crippen LogP contribution in [0.15, 0.2) is 71.7 Å². The van der Waals surface area contributed by atoms with E-state index in [1.165, 1.54) is 0 Å². The molecule has 5 rings (SSSR count). The van der Waals surface area contributed by atoms with Crippen LogP contribution in [0.4, 0.5) is 4.79 Å². The minimum absolute atomic E-state index is 0.0637. The minimum atomic E-state index is -0.810. The predicted molar refractivity (Wildman–Crippen MR) is 194 cm³/mol. The lowest BCUT2D eigenvalue weighted by Crippen LogP contribution is -2.55. The van der Waals surface area contributed by atoms with Gasteiger partial charge in [0.1, 0.15) is 17.6 Å². The van der Waals surface area contributed by atoms with Gasteiger partial charge in [0.25, 0.3) is 0 Å². The number of carbonyl (C=O) groups excluding carboxylic acids is 2. The third-order valence-corrected chi connectivity index (χ3v) is 9.71. The lowest BCUT2D eigenvalue weighted by Gasteiger charge is -2.39. The van der Waals surface area contributed by atoms with Crippen molar-refractivity contribution in [3.8, 4) is 17.9 Å². The van der Waals surface area contributed by atoms with Crippen LogP contribution in [-0.4, -0.2) is 90.3 Å². The number of aliphatic imine (C=N–C) groups is 1. The van der Waals surface area contributed by atoms with E-state index in [0.717, 1.165) is 16.7 Å². The molecule has 0 N–H and O–H groups in total. The molecule has 260 valence electrons. The molecule has 0 bridgehead atoms. The molecule has 0 spiro atoms. The number of urea groups is 1. The third-order valence-electron chi connectivity index (χ3n) is 9.20. The Kier molecular flexibility index (Phi) is 11.7. The van der Waals surface area contributed by atoms with Crippen LogP contribution in [0.1, 0.15) is 61.5 Å². The van der Waals surface area contributed by atoms with E-state index in [2.05, 4.69) is 12.1 Å². The molecule has 1 fully saturated rings. The van der Waals surface area contributed by atoms with Gasteiger partial charge in [-0.05, 0) is 73.9 Å².